The number of hydrogen-bond acceptors (Lipinski definition) is 8. The fraction of sp³-hybridized carbons (Fsp3) is 0.625. The molecule has 1 saturated heterocycles. The summed E-state index contributed by atoms with van der Waals surface area (Å²) in [7, 11) is 3.93. The van der Waals surface area contributed by atoms with Crippen molar-refractivity contribution < 1.29 is 4.52 Å². The van der Waals surface area contributed by atoms with Crippen LogP contribution in [0.1, 0.15) is 31.5 Å². The molecule has 0 spiro atoms. The van der Waals surface area contributed by atoms with E-state index < -0.39 is 0 Å². The van der Waals surface area contributed by atoms with Gasteiger partial charge < -0.3 is 14.3 Å². The van der Waals surface area contributed by atoms with Crippen molar-refractivity contribution in [1.82, 2.24) is 25.2 Å². The second kappa shape index (κ2) is 7.12. The van der Waals surface area contributed by atoms with Crippen LogP contribution in [-0.4, -0.2) is 65.5 Å². The Bertz CT molecular complexity index is 645. The number of aromatic nitrogens is 4. The van der Waals surface area contributed by atoms with Crippen molar-refractivity contribution in [3.63, 3.8) is 0 Å². The van der Waals surface area contributed by atoms with Gasteiger partial charge in [-0.1, -0.05) is 19.0 Å². The fourth-order valence-electron chi connectivity index (χ4n) is 2.62. The molecule has 1 aliphatic heterocycles. The van der Waals surface area contributed by atoms with E-state index >= 15 is 0 Å². The Kier molecular flexibility index (Phi) is 4.94. The van der Waals surface area contributed by atoms with Crippen LogP contribution in [-0.2, 0) is 6.54 Å². The molecule has 1 aliphatic rings. The molecule has 0 aromatic carbocycles. The van der Waals surface area contributed by atoms with Crippen molar-refractivity contribution in [2.75, 3.05) is 50.1 Å². The largest absolute Gasteiger partial charge is 0.361 e. The van der Waals surface area contributed by atoms with Gasteiger partial charge in [0.05, 0.1) is 6.54 Å². The van der Waals surface area contributed by atoms with E-state index in [1.807, 2.05) is 31.1 Å². The first-order valence-corrected chi connectivity index (χ1v) is 8.34. The first-order chi connectivity index (χ1) is 11.5. The topological polar surface area (TPSA) is 74.4 Å². The molecule has 0 radical (unpaired) electrons. The Morgan fingerprint density at radius 3 is 2.42 bits per heavy atom. The maximum absolute atomic E-state index is 5.33. The molecule has 3 heterocycles. The highest BCUT2D eigenvalue weighted by molar-refractivity contribution is 5.44. The van der Waals surface area contributed by atoms with E-state index in [1.54, 1.807) is 0 Å². The van der Waals surface area contributed by atoms with Crippen LogP contribution in [0.3, 0.4) is 0 Å². The monoisotopic (exact) mass is 331 g/mol. The van der Waals surface area contributed by atoms with E-state index in [-0.39, 0.29) is 0 Å². The van der Waals surface area contributed by atoms with Crippen molar-refractivity contribution in [2.24, 2.45) is 0 Å². The molecule has 8 nitrogen and oxygen atoms in total. The van der Waals surface area contributed by atoms with Gasteiger partial charge >= 0.3 is 0 Å². The van der Waals surface area contributed by atoms with Gasteiger partial charge in [0, 0.05) is 46.2 Å². The van der Waals surface area contributed by atoms with Crippen LogP contribution in [0.4, 0.5) is 11.6 Å². The zero-order valence-corrected chi connectivity index (χ0v) is 14.8. The van der Waals surface area contributed by atoms with Gasteiger partial charge in [0.1, 0.15) is 0 Å². The van der Waals surface area contributed by atoms with Crippen LogP contribution in [0.15, 0.2) is 16.7 Å². The normalized spacial score (nSPS) is 16.0. The maximum Gasteiger partial charge on any atom is 0.240 e. The molecular weight excluding hydrogens is 306 g/mol. The third-order valence-electron chi connectivity index (χ3n) is 4.15. The molecule has 8 heteroatoms. The molecule has 0 amide bonds. The molecule has 1 fully saturated rings. The van der Waals surface area contributed by atoms with Gasteiger partial charge in [-0.25, -0.2) is 0 Å². The Morgan fingerprint density at radius 1 is 1.12 bits per heavy atom. The van der Waals surface area contributed by atoms with Crippen LogP contribution in [0.5, 0.6) is 0 Å². The lowest BCUT2D eigenvalue weighted by Gasteiger charge is -2.34. The molecule has 2 aromatic heterocycles. The number of hydrogen-bond donors (Lipinski definition) is 0. The Hall–Kier alpha value is -2.22. The van der Waals surface area contributed by atoms with Gasteiger partial charge in [-0.05, 0) is 12.1 Å². The van der Waals surface area contributed by atoms with Gasteiger partial charge in [-0.15, -0.1) is 10.2 Å². The van der Waals surface area contributed by atoms with Crippen molar-refractivity contribution in [2.45, 2.75) is 26.3 Å². The molecule has 0 bridgehead atoms. The van der Waals surface area contributed by atoms with E-state index in [1.165, 1.54) is 0 Å². The Morgan fingerprint density at radius 2 is 1.88 bits per heavy atom. The minimum Gasteiger partial charge on any atom is -0.361 e. The summed E-state index contributed by atoms with van der Waals surface area (Å²) in [6.07, 6.45) is 0. The summed E-state index contributed by atoms with van der Waals surface area (Å²) in [4.78, 5) is 11.0. The van der Waals surface area contributed by atoms with E-state index in [0.29, 0.717) is 18.4 Å². The maximum atomic E-state index is 5.33. The molecule has 0 unspecified atom stereocenters. The first kappa shape index (κ1) is 16.6. The van der Waals surface area contributed by atoms with E-state index in [4.69, 9.17) is 4.52 Å². The van der Waals surface area contributed by atoms with Crippen LogP contribution in [0, 0.1) is 0 Å². The smallest absolute Gasteiger partial charge is 0.240 e. The minimum absolute atomic E-state index is 0.294. The van der Waals surface area contributed by atoms with Gasteiger partial charge in [-0.2, -0.15) is 4.98 Å². The lowest BCUT2D eigenvalue weighted by atomic mass is 10.2. The zero-order valence-electron chi connectivity index (χ0n) is 14.8. The highest BCUT2D eigenvalue weighted by atomic mass is 16.5. The molecule has 3 rings (SSSR count). The first-order valence-electron chi connectivity index (χ1n) is 8.34. The molecule has 0 atom stereocenters. The summed E-state index contributed by atoms with van der Waals surface area (Å²) in [5.41, 5.74) is 0. The van der Waals surface area contributed by atoms with Crippen LogP contribution in [0.2, 0.25) is 0 Å². The summed E-state index contributed by atoms with van der Waals surface area (Å²) >= 11 is 0. The molecule has 0 saturated carbocycles. The predicted molar refractivity (Wildman–Crippen MR) is 92.2 cm³/mol. The summed E-state index contributed by atoms with van der Waals surface area (Å²) in [6.45, 7) is 8.56. The van der Waals surface area contributed by atoms with E-state index in [2.05, 4.69) is 44.0 Å². The SMILES string of the molecule is CC(C)c1noc(CN2CCN(c3ccc(N(C)C)nn3)CC2)n1. The summed E-state index contributed by atoms with van der Waals surface area (Å²) < 4.78 is 5.33. The Labute approximate surface area is 142 Å². The molecule has 2 aromatic rings. The highest BCUT2D eigenvalue weighted by Gasteiger charge is 2.20. The second-order valence-electron chi connectivity index (χ2n) is 6.61. The predicted octanol–water partition coefficient (Wildman–Crippen LogP) is 1.37. The van der Waals surface area contributed by atoms with E-state index in [9.17, 15) is 0 Å². The number of rotatable bonds is 5. The molecule has 0 N–H and O–H groups in total. The second-order valence-corrected chi connectivity index (χ2v) is 6.61. The van der Waals surface area contributed by atoms with Gasteiger partial charge in [0.25, 0.3) is 0 Å². The van der Waals surface area contributed by atoms with Gasteiger partial charge in [0.15, 0.2) is 17.5 Å². The summed E-state index contributed by atoms with van der Waals surface area (Å²) in [6, 6.07) is 4.03. The highest BCUT2D eigenvalue weighted by Crippen LogP contribution is 2.17. The van der Waals surface area contributed by atoms with Gasteiger partial charge in [0.2, 0.25) is 5.89 Å². The van der Waals surface area contributed by atoms with Crippen LogP contribution in [0.25, 0.3) is 0 Å². The standard InChI is InChI=1S/C16H25N7O/c1-12(2)16-17-15(24-20-16)11-22-7-9-23(10-8-22)14-6-5-13(18-19-14)21(3)4/h5-6,12H,7-11H2,1-4H3. The summed E-state index contributed by atoms with van der Waals surface area (Å²) in [5, 5.41) is 12.6. The van der Waals surface area contributed by atoms with Gasteiger partial charge in [-0.3, -0.25) is 4.90 Å². The third kappa shape index (κ3) is 3.81. The van der Waals surface area contributed by atoms with Crippen molar-refractivity contribution in [3.8, 4) is 0 Å². The van der Waals surface area contributed by atoms with E-state index in [0.717, 1.165) is 43.6 Å². The molecular formula is C16H25N7O. The minimum atomic E-state index is 0.294. The van der Waals surface area contributed by atoms with Crippen molar-refractivity contribution in [1.29, 1.82) is 0 Å². The van der Waals surface area contributed by atoms with Crippen LogP contribution < -0.4 is 9.80 Å². The quantitative estimate of drug-likeness (QED) is 0.813. The lowest BCUT2D eigenvalue weighted by molar-refractivity contribution is 0.215. The van der Waals surface area contributed by atoms with Crippen molar-refractivity contribution >= 4 is 11.6 Å². The number of anilines is 2. The molecule has 0 aliphatic carbocycles. The molecule has 130 valence electrons. The van der Waals surface area contributed by atoms with Crippen LogP contribution >= 0.6 is 0 Å². The average molecular weight is 331 g/mol. The fourth-order valence-corrected chi connectivity index (χ4v) is 2.62. The summed E-state index contributed by atoms with van der Waals surface area (Å²) in [5.74, 6) is 3.57. The zero-order chi connectivity index (χ0) is 17.1. The number of piperazine rings is 1. The molecule has 24 heavy (non-hydrogen) atoms. The lowest BCUT2D eigenvalue weighted by Crippen LogP contribution is -2.46. The number of nitrogens with zero attached hydrogens (tertiary/aromatic N) is 7. The average Bonchev–Trinajstić information content (AvgIpc) is 3.04. The van der Waals surface area contributed by atoms with Crippen molar-refractivity contribution in [3.05, 3.63) is 23.8 Å². The third-order valence-corrected chi connectivity index (χ3v) is 4.15. The Balaban J connectivity index is 1.53.